The van der Waals surface area contributed by atoms with Crippen LogP contribution in [0.3, 0.4) is 0 Å². The molecule has 0 spiro atoms. The average molecular weight is 396 g/mol. The fourth-order valence-corrected chi connectivity index (χ4v) is 3.99. The Balaban J connectivity index is 1.31. The molecule has 0 aliphatic carbocycles. The van der Waals surface area contributed by atoms with E-state index >= 15 is 0 Å². The summed E-state index contributed by atoms with van der Waals surface area (Å²) in [4.78, 5) is 17.3. The number of amides is 1. The van der Waals surface area contributed by atoms with Crippen LogP contribution in [0.1, 0.15) is 18.0 Å². The first-order valence-corrected chi connectivity index (χ1v) is 10.0. The first-order chi connectivity index (χ1) is 14.2. The highest BCUT2D eigenvalue weighted by atomic mass is 16.5. The fraction of sp³-hybridized carbons (Fsp3) is 0.409. The number of piperazine rings is 1. The summed E-state index contributed by atoms with van der Waals surface area (Å²) in [6, 6.07) is 15.9. The maximum Gasteiger partial charge on any atom is 0.241 e. The van der Waals surface area contributed by atoms with Crippen LogP contribution in [-0.2, 0) is 4.79 Å². The molecule has 2 aromatic rings. The number of carbonyl (C=O) groups excluding carboxylic acids is 1. The van der Waals surface area contributed by atoms with Gasteiger partial charge in [0.25, 0.3) is 0 Å². The predicted octanol–water partition coefficient (Wildman–Crippen LogP) is 1.96. The van der Waals surface area contributed by atoms with Gasteiger partial charge in [-0.15, -0.1) is 0 Å². The van der Waals surface area contributed by atoms with E-state index < -0.39 is 0 Å². The van der Waals surface area contributed by atoms with E-state index in [4.69, 9.17) is 9.47 Å². The number of ether oxygens (including phenoxy) is 2. The van der Waals surface area contributed by atoms with Gasteiger partial charge in [0.1, 0.15) is 17.5 Å². The van der Waals surface area contributed by atoms with Crippen molar-refractivity contribution in [3.63, 3.8) is 0 Å². The third kappa shape index (κ3) is 4.31. The van der Waals surface area contributed by atoms with Gasteiger partial charge in [-0.25, -0.2) is 10.9 Å². The van der Waals surface area contributed by atoms with Crippen molar-refractivity contribution in [3.8, 4) is 11.5 Å². The summed E-state index contributed by atoms with van der Waals surface area (Å²) in [5, 5.41) is 0. The third-order valence-corrected chi connectivity index (χ3v) is 5.73. The van der Waals surface area contributed by atoms with E-state index in [9.17, 15) is 4.79 Å². The summed E-state index contributed by atoms with van der Waals surface area (Å²) >= 11 is 0. The number of nitrogens with one attached hydrogen (secondary N) is 2. The van der Waals surface area contributed by atoms with Crippen LogP contribution in [0.4, 0.5) is 5.69 Å². The van der Waals surface area contributed by atoms with Crippen LogP contribution in [0.2, 0.25) is 0 Å². The number of hydrazine groups is 1. The minimum Gasteiger partial charge on any atom is -0.497 e. The van der Waals surface area contributed by atoms with Crippen molar-refractivity contribution in [3.05, 3.63) is 54.1 Å². The quantitative estimate of drug-likeness (QED) is 0.806. The Morgan fingerprint density at radius 3 is 2.34 bits per heavy atom. The first-order valence-electron chi connectivity index (χ1n) is 10.0. The van der Waals surface area contributed by atoms with Gasteiger partial charge in [-0.1, -0.05) is 12.1 Å². The zero-order chi connectivity index (χ0) is 20.2. The molecule has 2 atom stereocenters. The molecule has 0 aromatic heterocycles. The molecular weight excluding hydrogens is 368 g/mol. The largest absolute Gasteiger partial charge is 0.497 e. The van der Waals surface area contributed by atoms with Crippen molar-refractivity contribution in [2.45, 2.75) is 18.5 Å². The molecule has 2 unspecified atom stereocenters. The molecule has 7 heteroatoms. The number of nitrogens with zero attached hydrogens (tertiary/aromatic N) is 2. The zero-order valence-electron chi connectivity index (χ0n) is 16.9. The van der Waals surface area contributed by atoms with Crippen LogP contribution in [0.15, 0.2) is 48.5 Å². The van der Waals surface area contributed by atoms with E-state index in [0.29, 0.717) is 0 Å². The van der Waals surface area contributed by atoms with Crippen LogP contribution in [-0.4, -0.2) is 57.2 Å². The van der Waals surface area contributed by atoms with Crippen molar-refractivity contribution >= 4 is 11.6 Å². The Kier molecular flexibility index (Phi) is 5.87. The second-order valence-electron chi connectivity index (χ2n) is 7.42. The second-order valence-corrected chi connectivity index (χ2v) is 7.42. The number of rotatable bonds is 5. The topological polar surface area (TPSA) is 66.1 Å². The van der Waals surface area contributed by atoms with E-state index in [1.807, 2.05) is 35.2 Å². The van der Waals surface area contributed by atoms with Crippen molar-refractivity contribution in [1.29, 1.82) is 0 Å². The van der Waals surface area contributed by atoms with Gasteiger partial charge in [-0.05, 0) is 48.4 Å². The van der Waals surface area contributed by atoms with Gasteiger partial charge in [0.15, 0.2) is 0 Å². The lowest BCUT2D eigenvalue weighted by molar-refractivity contribution is -0.133. The van der Waals surface area contributed by atoms with Gasteiger partial charge in [-0.3, -0.25) is 4.79 Å². The van der Waals surface area contributed by atoms with Crippen LogP contribution < -0.4 is 25.2 Å². The maximum absolute atomic E-state index is 13.0. The molecule has 1 amide bonds. The molecule has 2 N–H and O–H groups in total. The molecule has 2 heterocycles. The molecule has 2 fully saturated rings. The Morgan fingerprint density at radius 2 is 1.66 bits per heavy atom. The lowest BCUT2D eigenvalue weighted by Crippen LogP contribution is -2.53. The van der Waals surface area contributed by atoms with Crippen molar-refractivity contribution < 1.29 is 14.3 Å². The minimum absolute atomic E-state index is 0.0969. The number of anilines is 1. The van der Waals surface area contributed by atoms with Crippen molar-refractivity contribution in [2.75, 3.05) is 45.3 Å². The lowest BCUT2D eigenvalue weighted by Gasteiger charge is -2.37. The summed E-state index contributed by atoms with van der Waals surface area (Å²) in [6.45, 7) is 3.12. The normalized spacial score (nSPS) is 21.9. The minimum atomic E-state index is -0.210. The number of methoxy groups -OCH3 is 2. The molecule has 2 aliphatic heterocycles. The highest BCUT2D eigenvalue weighted by Crippen LogP contribution is 2.26. The summed E-state index contributed by atoms with van der Waals surface area (Å²) in [5.74, 6) is 1.85. The number of hydrogen-bond acceptors (Lipinski definition) is 6. The number of hydrogen-bond donors (Lipinski definition) is 2. The monoisotopic (exact) mass is 396 g/mol. The van der Waals surface area contributed by atoms with Crippen LogP contribution in [0.25, 0.3) is 0 Å². The standard InChI is InChI=1S/C22H28N4O3/c1-28-18-8-6-17(7-9-18)25-10-12-26(13-11-25)22(27)21-15-20(23-24-21)16-4-3-5-19(14-16)29-2/h3-9,14,20-21,23-24H,10-13,15H2,1-2H3. The Bertz CT molecular complexity index is 834. The second kappa shape index (κ2) is 8.71. The number of benzene rings is 2. The maximum atomic E-state index is 13.0. The van der Waals surface area contributed by atoms with Crippen LogP contribution in [0.5, 0.6) is 11.5 Å². The molecule has 7 nitrogen and oxygen atoms in total. The first kappa shape index (κ1) is 19.5. The molecule has 2 saturated heterocycles. The van der Waals surface area contributed by atoms with Gasteiger partial charge < -0.3 is 19.3 Å². The van der Waals surface area contributed by atoms with Gasteiger partial charge in [0.2, 0.25) is 5.91 Å². The van der Waals surface area contributed by atoms with Gasteiger partial charge in [0, 0.05) is 37.9 Å². The zero-order valence-corrected chi connectivity index (χ0v) is 16.9. The molecule has 154 valence electrons. The molecule has 0 bridgehead atoms. The highest BCUT2D eigenvalue weighted by molar-refractivity contribution is 5.82. The smallest absolute Gasteiger partial charge is 0.241 e. The van der Waals surface area contributed by atoms with Gasteiger partial charge in [0.05, 0.1) is 14.2 Å². The van der Waals surface area contributed by atoms with E-state index in [1.54, 1.807) is 14.2 Å². The Hall–Kier alpha value is -2.77. The SMILES string of the molecule is COc1ccc(N2CCN(C(=O)C3CC(c4cccc(OC)c4)NN3)CC2)cc1. The van der Waals surface area contributed by atoms with Crippen LogP contribution >= 0.6 is 0 Å². The molecular formula is C22H28N4O3. The molecule has 0 saturated carbocycles. The summed E-state index contributed by atoms with van der Waals surface area (Å²) in [5.41, 5.74) is 8.74. The van der Waals surface area contributed by atoms with Crippen molar-refractivity contribution in [1.82, 2.24) is 15.8 Å². The number of carbonyl (C=O) groups is 1. The van der Waals surface area contributed by atoms with Gasteiger partial charge >= 0.3 is 0 Å². The lowest BCUT2D eigenvalue weighted by atomic mass is 10.0. The van der Waals surface area contributed by atoms with Gasteiger partial charge in [-0.2, -0.15) is 0 Å². The van der Waals surface area contributed by atoms with E-state index in [2.05, 4.69) is 34.0 Å². The average Bonchev–Trinajstić information content (AvgIpc) is 3.29. The van der Waals surface area contributed by atoms with E-state index in [1.165, 1.54) is 0 Å². The molecule has 2 aliphatic rings. The molecule has 29 heavy (non-hydrogen) atoms. The molecule has 2 aromatic carbocycles. The summed E-state index contributed by atoms with van der Waals surface area (Å²) in [7, 11) is 3.33. The third-order valence-electron chi connectivity index (χ3n) is 5.73. The molecule has 4 rings (SSSR count). The highest BCUT2D eigenvalue weighted by Gasteiger charge is 2.34. The van der Waals surface area contributed by atoms with Crippen LogP contribution in [0, 0.1) is 0 Å². The Labute approximate surface area is 171 Å². The molecule has 0 radical (unpaired) electrons. The fourth-order valence-electron chi connectivity index (χ4n) is 3.99. The predicted molar refractivity (Wildman–Crippen MR) is 112 cm³/mol. The summed E-state index contributed by atoms with van der Waals surface area (Å²) in [6.07, 6.45) is 0.727. The van der Waals surface area contributed by atoms with E-state index in [-0.39, 0.29) is 18.0 Å². The Morgan fingerprint density at radius 1 is 0.931 bits per heavy atom. The van der Waals surface area contributed by atoms with E-state index in [0.717, 1.165) is 55.3 Å². The van der Waals surface area contributed by atoms with Crippen molar-refractivity contribution in [2.24, 2.45) is 0 Å². The summed E-state index contributed by atoms with van der Waals surface area (Å²) < 4.78 is 10.5.